The number of hydrogen-bond acceptors (Lipinski definition) is 6. The van der Waals surface area contributed by atoms with Gasteiger partial charge in [-0.05, 0) is 60.8 Å². The van der Waals surface area contributed by atoms with Crippen molar-refractivity contribution in [3.8, 4) is 0 Å². The number of amides is 1. The summed E-state index contributed by atoms with van der Waals surface area (Å²) in [5.74, 6) is -1.19. The van der Waals surface area contributed by atoms with Crippen molar-refractivity contribution in [2.45, 2.75) is 51.1 Å². The fraction of sp³-hybridized carbons (Fsp3) is 0.571. The summed E-state index contributed by atoms with van der Waals surface area (Å²) >= 11 is 8.70. The second kappa shape index (κ2) is 9.62. The van der Waals surface area contributed by atoms with E-state index in [9.17, 15) is 22.4 Å². The van der Waals surface area contributed by atoms with Gasteiger partial charge in [-0.25, -0.2) is 14.2 Å². The van der Waals surface area contributed by atoms with Gasteiger partial charge in [0.25, 0.3) is 0 Å². The van der Waals surface area contributed by atoms with Crippen LogP contribution in [0, 0.1) is 5.82 Å². The Hall–Kier alpha value is -1.92. The van der Waals surface area contributed by atoms with Gasteiger partial charge in [0, 0.05) is 26.1 Å². The van der Waals surface area contributed by atoms with Crippen molar-refractivity contribution in [1.82, 2.24) is 14.9 Å². The zero-order valence-corrected chi connectivity index (χ0v) is 21.5. The van der Waals surface area contributed by atoms with Crippen LogP contribution < -0.4 is 4.90 Å². The predicted molar refractivity (Wildman–Crippen MR) is 123 cm³/mol. The number of hydrogen-bond donors (Lipinski definition) is 0. The minimum absolute atomic E-state index is 0.00374. The molecule has 0 aliphatic carbocycles. The van der Waals surface area contributed by atoms with Gasteiger partial charge in [-0.15, -0.1) is 0 Å². The Morgan fingerprint density at radius 2 is 1.97 bits per heavy atom. The maximum atomic E-state index is 14.9. The lowest BCUT2D eigenvalue weighted by Crippen LogP contribution is -2.49. The molecule has 3 rings (SSSR count). The van der Waals surface area contributed by atoms with Gasteiger partial charge < -0.3 is 19.3 Å². The van der Waals surface area contributed by atoms with Crippen molar-refractivity contribution in [1.29, 1.82) is 0 Å². The number of methoxy groups -OCH3 is 1. The van der Waals surface area contributed by atoms with Gasteiger partial charge in [-0.1, -0.05) is 0 Å². The van der Waals surface area contributed by atoms with Crippen LogP contribution in [0.25, 0.3) is 10.9 Å². The Balaban J connectivity index is 2.08. The zero-order valence-electron chi connectivity index (χ0n) is 19.1. The summed E-state index contributed by atoms with van der Waals surface area (Å²) in [6.07, 6.45) is -4.91. The van der Waals surface area contributed by atoms with Crippen molar-refractivity contribution >= 4 is 50.3 Å². The number of carbonyl (C=O) groups excluding carboxylic acids is 1. The summed E-state index contributed by atoms with van der Waals surface area (Å²) in [7, 11) is 3.07. The van der Waals surface area contributed by atoms with Crippen LogP contribution in [0.1, 0.15) is 32.8 Å². The van der Waals surface area contributed by atoms with E-state index in [0.717, 1.165) is 6.07 Å². The van der Waals surface area contributed by atoms with E-state index in [4.69, 9.17) is 21.1 Å². The summed E-state index contributed by atoms with van der Waals surface area (Å²) in [6.45, 7) is 5.70. The first-order valence-corrected chi connectivity index (χ1v) is 11.5. The maximum absolute atomic E-state index is 14.9. The molecule has 0 unspecified atom stereocenters. The normalized spacial score (nSPS) is 19.1. The molecule has 7 nitrogen and oxygen atoms in total. The number of alkyl halides is 3. The summed E-state index contributed by atoms with van der Waals surface area (Å²) in [5.41, 5.74) is -2.27. The molecule has 1 aliphatic heterocycles. The van der Waals surface area contributed by atoms with E-state index in [-0.39, 0.29) is 28.6 Å². The standard InChI is InChI=1S/C21H24BrClF4N4O3/c1-20(2,3)34-19(32)31-7-6-12(13(31)9-33-5)30(4)17-10-8-11(21(25,26)27)14(22)15(24)16(10)28-18(23)29-17/h8,12-13H,6-7,9H2,1-5H3/t12-,13-/m1/s1. The average Bonchev–Trinajstić information content (AvgIpc) is 3.12. The lowest BCUT2D eigenvalue weighted by atomic mass is 10.1. The highest BCUT2D eigenvalue weighted by Gasteiger charge is 2.42. The second-order valence-corrected chi connectivity index (χ2v) is 10.1. The monoisotopic (exact) mass is 570 g/mol. The molecular weight excluding hydrogens is 548 g/mol. The number of likely N-dealkylation sites (tertiary alicyclic amines) is 1. The molecule has 1 aromatic carbocycles. The van der Waals surface area contributed by atoms with E-state index in [1.807, 2.05) is 0 Å². The minimum Gasteiger partial charge on any atom is -0.444 e. The molecule has 1 aliphatic rings. The SMILES string of the molecule is COC[C@@H]1[C@H](N(C)c2nc(Cl)nc3c(F)c(Br)c(C(F)(F)F)cc23)CCN1C(=O)OC(C)(C)C. The molecule has 0 bridgehead atoms. The zero-order chi connectivity index (χ0) is 25.6. The number of benzene rings is 1. The van der Waals surface area contributed by atoms with Crippen molar-refractivity contribution in [2.75, 3.05) is 32.2 Å². The number of halogens is 6. The smallest absolute Gasteiger partial charge is 0.417 e. The third-order valence-electron chi connectivity index (χ3n) is 5.44. The van der Waals surface area contributed by atoms with Gasteiger partial charge in [0.05, 0.1) is 28.7 Å². The third-order valence-corrected chi connectivity index (χ3v) is 6.38. The third kappa shape index (κ3) is 5.33. The number of carbonyl (C=O) groups is 1. The van der Waals surface area contributed by atoms with Crippen LogP contribution in [-0.2, 0) is 15.7 Å². The molecule has 1 saturated heterocycles. The van der Waals surface area contributed by atoms with Crippen LogP contribution in [0.3, 0.4) is 0 Å². The number of rotatable bonds is 4. The molecule has 1 aromatic heterocycles. The number of fused-ring (bicyclic) bond motifs is 1. The first kappa shape index (κ1) is 26.7. The summed E-state index contributed by atoms with van der Waals surface area (Å²) in [4.78, 5) is 23.8. The van der Waals surface area contributed by atoms with Gasteiger partial charge >= 0.3 is 12.3 Å². The van der Waals surface area contributed by atoms with Crippen molar-refractivity contribution in [3.63, 3.8) is 0 Å². The molecule has 1 amide bonds. The number of nitrogens with zero attached hydrogens (tertiary/aromatic N) is 4. The van der Waals surface area contributed by atoms with Crippen LogP contribution in [0.15, 0.2) is 10.5 Å². The number of likely N-dealkylation sites (N-methyl/N-ethyl adjacent to an activating group) is 1. The van der Waals surface area contributed by atoms with E-state index in [0.29, 0.717) is 13.0 Å². The van der Waals surface area contributed by atoms with Gasteiger partial charge in [-0.3, -0.25) is 0 Å². The van der Waals surface area contributed by atoms with Gasteiger partial charge in [-0.2, -0.15) is 18.2 Å². The van der Waals surface area contributed by atoms with E-state index in [1.165, 1.54) is 12.0 Å². The molecule has 2 aromatic rings. The Bertz CT molecular complexity index is 1100. The highest BCUT2D eigenvalue weighted by Crippen LogP contribution is 2.41. The van der Waals surface area contributed by atoms with Crippen LogP contribution in [0.5, 0.6) is 0 Å². The highest BCUT2D eigenvalue weighted by atomic mass is 79.9. The molecule has 0 N–H and O–H groups in total. The molecule has 188 valence electrons. The Kier molecular flexibility index (Phi) is 7.55. The molecule has 0 saturated carbocycles. The second-order valence-electron chi connectivity index (χ2n) is 8.93. The largest absolute Gasteiger partial charge is 0.444 e. The van der Waals surface area contributed by atoms with Gasteiger partial charge in [0.1, 0.15) is 16.9 Å². The van der Waals surface area contributed by atoms with E-state index in [1.54, 1.807) is 32.7 Å². The van der Waals surface area contributed by atoms with Crippen LogP contribution in [0.4, 0.5) is 28.2 Å². The average molecular weight is 572 g/mol. The van der Waals surface area contributed by atoms with E-state index < -0.39 is 45.8 Å². The van der Waals surface area contributed by atoms with Crippen LogP contribution in [-0.4, -0.2) is 66.0 Å². The quantitative estimate of drug-likeness (QED) is 0.348. The summed E-state index contributed by atoms with van der Waals surface area (Å²) < 4.78 is 65.6. The summed E-state index contributed by atoms with van der Waals surface area (Å²) in [5, 5.41) is -0.489. The first-order valence-electron chi connectivity index (χ1n) is 10.3. The number of aromatic nitrogens is 2. The molecule has 0 radical (unpaired) electrons. The van der Waals surface area contributed by atoms with Gasteiger partial charge in [0.2, 0.25) is 5.28 Å². The Morgan fingerprint density at radius 3 is 2.53 bits per heavy atom. The fourth-order valence-electron chi connectivity index (χ4n) is 4.00. The van der Waals surface area contributed by atoms with Crippen molar-refractivity contribution in [3.05, 3.63) is 27.2 Å². The number of ether oxygens (including phenoxy) is 2. The molecule has 2 atom stereocenters. The maximum Gasteiger partial charge on any atom is 0.417 e. The first-order chi connectivity index (χ1) is 15.7. The molecule has 13 heteroatoms. The van der Waals surface area contributed by atoms with Crippen molar-refractivity contribution < 1.29 is 31.8 Å². The number of anilines is 1. The topological polar surface area (TPSA) is 67.8 Å². The van der Waals surface area contributed by atoms with E-state index in [2.05, 4.69) is 25.9 Å². The van der Waals surface area contributed by atoms with Crippen LogP contribution >= 0.6 is 27.5 Å². The Labute approximate surface area is 207 Å². The highest BCUT2D eigenvalue weighted by molar-refractivity contribution is 9.10. The van der Waals surface area contributed by atoms with E-state index >= 15 is 0 Å². The van der Waals surface area contributed by atoms with Crippen LogP contribution in [0.2, 0.25) is 5.28 Å². The van der Waals surface area contributed by atoms with Gasteiger partial charge in [0.15, 0.2) is 5.82 Å². The summed E-state index contributed by atoms with van der Waals surface area (Å²) in [6, 6.07) is -0.143. The molecule has 2 heterocycles. The Morgan fingerprint density at radius 1 is 1.32 bits per heavy atom. The minimum atomic E-state index is -4.82. The molecule has 0 spiro atoms. The predicted octanol–water partition coefficient (Wildman–Crippen LogP) is 5.66. The fourth-order valence-corrected chi connectivity index (χ4v) is 4.69. The lowest BCUT2D eigenvalue weighted by molar-refractivity contribution is -0.138. The molecule has 34 heavy (non-hydrogen) atoms. The lowest BCUT2D eigenvalue weighted by Gasteiger charge is -2.34. The van der Waals surface area contributed by atoms with Crippen molar-refractivity contribution in [2.24, 2.45) is 0 Å². The molecular formula is C21H24BrClF4N4O3. The molecule has 1 fully saturated rings.